The number of thiazole rings is 1. The minimum Gasteiger partial charge on any atom is -0.372 e. The Kier molecular flexibility index (Phi) is 5.57. The number of aromatic nitrogens is 3. The maximum atomic E-state index is 13.4. The highest BCUT2D eigenvalue weighted by molar-refractivity contribution is 7.22. The molecule has 3 aromatic rings. The van der Waals surface area contributed by atoms with Crippen LogP contribution >= 0.6 is 11.3 Å². The normalized spacial score (nSPS) is 19.6. The first-order chi connectivity index (χ1) is 14.6. The van der Waals surface area contributed by atoms with Crippen LogP contribution in [0, 0.1) is 0 Å². The molecule has 1 aromatic carbocycles. The van der Waals surface area contributed by atoms with Gasteiger partial charge in [0.25, 0.3) is 11.8 Å². The fourth-order valence-electron chi connectivity index (χ4n) is 3.72. The van der Waals surface area contributed by atoms with E-state index in [4.69, 9.17) is 4.74 Å². The molecule has 4 rings (SSSR count). The topological polar surface area (TPSA) is 89.4 Å². The van der Waals surface area contributed by atoms with Crippen LogP contribution in [-0.4, -0.2) is 56.8 Å². The van der Waals surface area contributed by atoms with Gasteiger partial charge in [0.15, 0.2) is 16.5 Å². The first-order valence-electron chi connectivity index (χ1n) is 10.3. The SMILES string of the molecule is CC1CN(C(=O)c2nn(C(C)(C)C)c3nc(NC(=O)c4ccccc4)sc23)CC(C)O1. The zero-order valence-electron chi connectivity index (χ0n) is 18.4. The van der Waals surface area contributed by atoms with Gasteiger partial charge in [-0.2, -0.15) is 10.1 Å². The van der Waals surface area contributed by atoms with Gasteiger partial charge in [0.1, 0.15) is 4.70 Å². The lowest BCUT2D eigenvalue weighted by molar-refractivity contribution is -0.0587. The van der Waals surface area contributed by atoms with Crippen molar-refractivity contribution < 1.29 is 14.3 Å². The molecular weight excluding hydrogens is 414 g/mol. The van der Waals surface area contributed by atoms with Crippen LogP contribution < -0.4 is 5.32 Å². The highest BCUT2D eigenvalue weighted by Gasteiger charge is 2.32. The first-order valence-corrected chi connectivity index (χ1v) is 11.2. The molecule has 0 saturated carbocycles. The van der Waals surface area contributed by atoms with E-state index in [2.05, 4.69) is 15.4 Å². The standard InChI is InChI=1S/C22H27N5O3S/c1-13-11-26(12-14(2)30-13)20(29)16-17-18(27(25-16)22(3,4)5)23-21(31-17)24-19(28)15-9-7-6-8-10-15/h6-10,13-14H,11-12H2,1-5H3,(H,23,24,28). The Morgan fingerprint density at radius 2 is 1.77 bits per heavy atom. The molecule has 0 bridgehead atoms. The number of carbonyl (C=O) groups is 2. The number of hydrogen-bond acceptors (Lipinski definition) is 6. The minimum atomic E-state index is -0.378. The van der Waals surface area contributed by atoms with Crippen LogP contribution in [0.5, 0.6) is 0 Å². The largest absolute Gasteiger partial charge is 0.372 e. The molecule has 0 spiro atoms. The van der Waals surface area contributed by atoms with E-state index in [0.717, 1.165) is 0 Å². The summed E-state index contributed by atoms with van der Waals surface area (Å²) in [6.07, 6.45) is -0.0647. The average molecular weight is 442 g/mol. The summed E-state index contributed by atoms with van der Waals surface area (Å²) in [5, 5.41) is 7.94. The van der Waals surface area contributed by atoms with Crippen LogP contribution in [0.1, 0.15) is 55.5 Å². The lowest BCUT2D eigenvalue weighted by atomic mass is 10.1. The molecule has 1 saturated heterocycles. The molecule has 1 fully saturated rings. The number of anilines is 1. The second-order valence-corrected chi connectivity index (χ2v) is 9.89. The number of benzene rings is 1. The Morgan fingerprint density at radius 1 is 1.13 bits per heavy atom. The third-order valence-electron chi connectivity index (χ3n) is 5.03. The molecule has 9 heteroatoms. The van der Waals surface area contributed by atoms with Crippen LogP contribution in [0.25, 0.3) is 10.3 Å². The maximum absolute atomic E-state index is 13.4. The molecule has 3 heterocycles. The van der Waals surface area contributed by atoms with Gasteiger partial charge in [-0.1, -0.05) is 29.5 Å². The number of nitrogens with zero attached hydrogens (tertiary/aromatic N) is 4. The van der Waals surface area contributed by atoms with Crippen molar-refractivity contribution in [3.8, 4) is 0 Å². The minimum absolute atomic E-state index is 0.0323. The molecule has 1 N–H and O–H groups in total. The Labute approximate surface area is 185 Å². The Hall–Kier alpha value is -2.78. The van der Waals surface area contributed by atoms with Crippen LogP contribution in [0.15, 0.2) is 30.3 Å². The summed E-state index contributed by atoms with van der Waals surface area (Å²) in [5.41, 5.74) is 1.13. The van der Waals surface area contributed by atoms with E-state index in [1.807, 2.05) is 52.8 Å². The summed E-state index contributed by atoms with van der Waals surface area (Å²) < 4.78 is 8.20. The van der Waals surface area contributed by atoms with Crippen LogP contribution in [0.3, 0.4) is 0 Å². The van der Waals surface area contributed by atoms with Gasteiger partial charge in [0, 0.05) is 18.7 Å². The van der Waals surface area contributed by atoms with E-state index in [1.165, 1.54) is 11.3 Å². The summed E-state index contributed by atoms with van der Waals surface area (Å²) in [6, 6.07) is 8.97. The Morgan fingerprint density at radius 3 is 2.39 bits per heavy atom. The van der Waals surface area contributed by atoms with E-state index in [9.17, 15) is 9.59 Å². The number of morpholine rings is 1. The third-order valence-corrected chi connectivity index (χ3v) is 5.99. The monoisotopic (exact) mass is 441 g/mol. The van der Waals surface area contributed by atoms with Gasteiger partial charge in [-0.05, 0) is 46.8 Å². The molecule has 1 aliphatic rings. The third kappa shape index (κ3) is 4.33. The fraction of sp³-hybridized carbons (Fsp3) is 0.455. The highest BCUT2D eigenvalue weighted by atomic mass is 32.1. The number of carbonyl (C=O) groups excluding carboxylic acids is 2. The summed E-state index contributed by atoms with van der Waals surface area (Å²) in [5.74, 6) is -0.379. The van der Waals surface area contributed by atoms with E-state index in [1.54, 1.807) is 21.7 Å². The maximum Gasteiger partial charge on any atom is 0.276 e. The molecule has 164 valence electrons. The van der Waals surface area contributed by atoms with E-state index >= 15 is 0 Å². The number of hydrogen-bond donors (Lipinski definition) is 1. The van der Waals surface area contributed by atoms with Gasteiger partial charge in [-0.3, -0.25) is 14.9 Å². The van der Waals surface area contributed by atoms with Crippen LogP contribution in [0.2, 0.25) is 0 Å². The van der Waals surface area contributed by atoms with E-state index < -0.39 is 0 Å². The van der Waals surface area contributed by atoms with Crippen molar-refractivity contribution in [2.75, 3.05) is 18.4 Å². The summed E-state index contributed by atoms with van der Waals surface area (Å²) >= 11 is 1.27. The van der Waals surface area contributed by atoms with Gasteiger partial charge < -0.3 is 9.64 Å². The van der Waals surface area contributed by atoms with E-state index in [-0.39, 0.29) is 29.6 Å². The molecule has 8 nitrogen and oxygen atoms in total. The van der Waals surface area contributed by atoms with Crippen LogP contribution in [0.4, 0.5) is 5.13 Å². The van der Waals surface area contributed by atoms with Crippen LogP contribution in [-0.2, 0) is 10.3 Å². The summed E-state index contributed by atoms with van der Waals surface area (Å²) in [4.78, 5) is 32.4. The number of fused-ring (bicyclic) bond motifs is 1. The molecule has 2 unspecified atom stereocenters. The second-order valence-electron chi connectivity index (χ2n) is 8.89. The number of ether oxygens (including phenoxy) is 1. The summed E-state index contributed by atoms with van der Waals surface area (Å²) in [7, 11) is 0. The van der Waals surface area contributed by atoms with E-state index in [0.29, 0.717) is 39.8 Å². The van der Waals surface area contributed by atoms with Gasteiger partial charge in [-0.15, -0.1) is 0 Å². The van der Waals surface area contributed by atoms with Crippen molar-refractivity contribution in [3.05, 3.63) is 41.6 Å². The number of amides is 2. The number of rotatable bonds is 3. The molecule has 0 aliphatic carbocycles. The molecule has 0 radical (unpaired) electrons. The van der Waals surface area contributed by atoms with Crippen molar-refractivity contribution in [2.45, 2.75) is 52.4 Å². The molecule has 31 heavy (non-hydrogen) atoms. The van der Waals surface area contributed by atoms with Crippen molar-refractivity contribution in [1.82, 2.24) is 19.7 Å². The molecule has 2 atom stereocenters. The summed E-state index contributed by atoms with van der Waals surface area (Å²) in [6.45, 7) is 11.0. The quantitative estimate of drug-likeness (QED) is 0.669. The predicted octanol–water partition coefficient (Wildman–Crippen LogP) is 3.75. The van der Waals surface area contributed by atoms with Gasteiger partial charge in [0.2, 0.25) is 0 Å². The van der Waals surface area contributed by atoms with Crippen molar-refractivity contribution in [3.63, 3.8) is 0 Å². The zero-order chi connectivity index (χ0) is 22.3. The molecular formula is C22H27N5O3S. The predicted molar refractivity (Wildman–Crippen MR) is 121 cm³/mol. The fourth-order valence-corrected chi connectivity index (χ4v) is 4.63. The Balaban J connectivity index is 1.70. The zero-order valence-corrected chi connectivity index (χ0v) is 19.2. The smallest absolute Gasteiger partial charge is 0.276 e. The van der Waals surface area contributed by atoms with Crippen molar-refractivity contribution in [2.24, 2.45) is 0 Å². The number of nitrogens with one attached hydrogen (secondary N) is 1. The average Bonchev–Trinajstić information content (AvgIpc) is 3.25. The van der Waals surface area contributed by atoms with Gasteiger partial charge in [-0.25, -0.2) is 4.68 Å². The lowest BCUT2D eigenvalue weighted by Crippen LogP contribution is -2.48. The van der Waals surface area contributed by atoms with Crippen molar-refractivity contribution >= 4 is 38.6 Å². The van der Waals surface area contributed by atoms with Gasteiger partial charge in [0.05, 0.1) is 17.7 Å². The van der Waals surface area contributed by atoms with Crippen molar-refractivity contribution in [1.29, 1.82) is 0 Å². The van der Waals surface area contributed by atoms with Gasteiger partial charge >= 0.3 is 0 Å². The Bertz CT molecular complexity index is 1110. The highest BCUT2D eigenvalue weighted by Crippen LogP contribution is 2.33. The second kappa shape index (κ2) is 8.05. The lowest BCUT2D eigenvalue weighted by Gasteiger charge is -2.34. The molecule has 1 aliphatic heterocycles. The molecule has 2 aromatic heterocycles. The molecule has 2 amide bonds. The first kappa shape index (κ1) is 21.5.